The van der Waals surface area contributed by atoms with Gasteiger partial charge in [-0.25, -0.2) is 4.79 Å². The number of carbonyl (C=O) groups excluding carboxylic acids is 4. The van der Waals surface area contributed by atoms with Gasteiger partial charge in [-0.3, -0.25) is 19.1 Å². The Hall–Kier alpha value is -3.49. The zero-order valence-corrected chi connectivity index (χ0v) is 15.2. The summed E-state index contributed by atoms with van der Waals surface area (Å²) in [4.78, 5) is 53.7. The maximum atomic E-state index is 12.7. The molecule has 2 aromatic rings. The zero-order valence-electron chi connectivity index (χ0n) is 15.2. The Kier molecular flexibility index (Phi) is 4.42. The van der Waals surface area contributed by atoms with Crippen LogP contribution >= 0.6 is 0 Å². The van der Waals surface area contributed by atoms with Gasteiger partial charge in [0.05, 0.1) is 23.0 Å². The van der Waals surface area contributed by atoms with E-state index in [1.807, 2.05) is 0 Å². The molecule has 0 spiro atoms. The second kappa shape index (κ2) is 6.91. The van der Waals surface area contributed by atoms with E-state index in [1.54, 1.807) is 16.8 Å². The van der Waals surface area contributed by atoms with Gasteiger partial charge in [0, 0.05) is 20.0 Å². The van der Waals surface area contributed by atoms with Crippen LogP contribution in [0.3, 0.4) is 0 Å². The number of hydrogen-bond donors (Lipinski definition) is 1. The smallest absolute Gasteiger partial charge is 0.356 e. The summed E-state index contributed by atoms with van der Waals surface area (Å²) in [6.07, 6.45) is 2.74. The molecule has 0 saturated carbocycles. The Labute approximate surface area is 160 Å². The predicted molar refractivity (Wildman–Crippen MR) is 95.1 cm³/mol. The SMILES string of the molecule is CC(=O)NCC1CCn2ncc(C(=O)ON3C(=O)c4ccccc4C3=O)c2C1. The van der Waals surface area contributed by atoms with Crippen molar-refractivity contribution in [3.63, 3.8) is 0 Å². The molecule has 0 saturated heterocycles. The average Bonchev–Trinajstić information content (AvgIpc) is 3.21. The fourth-order valence-corrected chi connectivity index (χ4v) is 3.51. The van der Waals surface area contributed by atoms with Crippen molar-refractivity contribution >= 4 is 23.7 Å². The summed E-state index contributed by atoms with van der Waals surface area (Å²) in [6, 6.07) is 6.30. The first kappa shape index (κ1) is 17.9. The Balaban J connectivity index is 1.50. The maximum absolute atomic E-state index is 12.7. The quantitative estimate of drug-likeness (QED) is 0.789. The number of nitrogens with one attached hydrogen (secondary N) is 1. The second-order valence-corrected chi connectivity index (χ2v) is 6.85. The first-order valence-corrected chi connectivity index (χ1v) is 8.95. The molecular formula is C19H18N4O5. The van der Waals surface area contributed by atoms with Gasteiger partial charge in [0.1, 0.15) is 5.56 Å². The molecule has 3 heterocycles. The van der Waals surface area contributed by atoms with Crippen molar-refractivity contribution in [1.82, 2.24) is 20.2 Å². The van der Waals surface area contributed by atoms with Gasteiger partial charge >= 0.3 is 5.97 Å². The molecule has 9 nitrogen and oxygen atoms in total. The summed E-state index contributed by atoms with van der Waals surface area (Å²) in [5, 5.41) is 7.48. The third-order valence-electron chi connectivity index (χ3n) is 4.97. The monoisotopic (exact) mass is 382 g/mol. The molecule has 1 aromatic carbocycles. The first-order valence-electron chi connectivity index (χ1n) is 8.95. The number of benzene rings is 1. The van der Waals surface area contributed by atoms with Gasteiger partial charge in [-0.15, -0.1) is 0 Å². The van der Waals surface area contributed by atoms with Crippen molar-refractivity contribution in [2.24, 2.45) is 5.92 Å². The van der Waals surface area contributed by atoms with E-state index in [1.165, 1.54) is 25.3 Å². The van der Waals surface area contributed by atoms with E-state index in [2.05, 4.69) is 10.4 Å². The van der Waals surface area contributed by atoms with E-state index in [0.29, 0.717) is 30.3 Å². The molecule has 144 valence electrons. The summed E-state index contributed by atoms with van der Waals surface area (Å²) in [6.45, 7) is 2.57. The molecule has 2 aliphatic heterocycles. The number of aromatic nitrogens is 2. The van der Waals surface area contributed by atoms with Gasteiger partial charge in [-0.05, 0) is 30.9 Å². The highest BCUT2D eigenvalue weighted by atomic mass is 16.7. The van der Waals surface area contributed by atoms with E-state index in [0.717, 1.165) is 6.42 Å². The van der Waals surface area contributed by atoms with Crippen LogP contribution in [0.15, 0.2) is 30.5 Å². The van der Waals surface area contributed by atoms with Crippen molar-refractivity contribution in [1.29, 1.82) is 0 Å². The predicted octanol–water partition coefficient (Wildman–Crippen LogP) is 0.950. The normalized spacial score (nSPS) is 17.9. The number of aryl methyl sites for hydroxylation is 1. The van der Waals surface area contributed by atoms with Gasteiger partial charge in [0.25, 0.3) is 11.8 Å². The number of hydroxylamine groups is 2. The summed E-state index contributed by atoms with van der Waals surface area (Å²) >= 11 is 0. The summed E-state index contributed by atoms with van der Waals surface area (Å²) < 4.78 is 1.71. The Morgan fingerprint density at radius 3 is 2.54 bits per heavy atom. The Bertz CT molecular complexity index is 961. The lowest BCUT2D eigenvalue weighted by molar-refractivity contribution is -0.119. The van der Waals surface area contributed by atoms with Crippen LogP contribution in [-0.4, -0.2) is 45.1 Å². The molecule has 4 rings (SSSR count). The van der Waals surface area contributed by atoms with Crippen molar-refractivity contribution in [2.75, 3.05) is 6.54 Å². The number of imide groups is 1. The van der Waals surface area contributed by atoms with Gasteiger partial charge in [0.15, 0.2) is 0 Å². The molecule has 1 N–H and O–H groups in total. The zero-order chi connectivity index (χ0) is 19.8. The lowest BCUT2D eigenvalue weighted by Crippen LogP contribution is -2.34. The largest absolute Gasteiger partial charge is 0.367 e. The van der Waals surface area contributed by atoms with Crippen LogP contribution in [0.4, 0.5) is 0 Å². The van der Waals surface area contributed by atoms with Gasteiger partial charge in [-0.1, -0.05) is 17.2 Å². The van der Waals surface area contributed by atoms with Crippen LogP contribution in [0, 0.1) is 5.92 Å². The molecule has 1 unspecified atom stereocenters. The number of rotatable bonds is 4. The van der Waals surface area contributed by atoms with Crippen LogP contribution < -0.4 is 5.32 Å². The minimum absolute atomic E-state index is 0.107. The number of hydrogen-bond acceptors (Lipinski definition) is 6. The van der Waals surface area contributed by atoms with E-state index >= 15 is 0 Å². The lowest BCUT2D eigenvalue weighted by Gasteiger charge is -2.24. The molecule has 0 aliphatic carbocycles. The van der Waals surface area contributed by atoms with Crippen LogP contribution in [0.5, 0.6) is 0 Å². The molecular weight excluding hydrogens is 364 g/mol. The fraction of sp³-hybridized carbons (Fsp3) is 0.316. The fourth-order valence-electron chi connectivity index (χ4n) is 3.51. The molecule has 28 heavy (non-hydrogen) atoms. The van der Waals surface area contributed by atoms with Gasteiger partial charge < -0.3 is 10.2 Å². The van der Waals surface area contributed by atoms with E-state index in [-0.39, 0.29) is 28.5 Å². The third-order valence-corrected chi connectivity index (χ3v) is 4.97. The highest BCUT2D eigenvalue weighted by molar-refractivity contribution is 6.21. The number of fused-ring (bicyclic) bond motifs is 2. The molecule has 9 heteroatoms. The minimum atomic E-state index is -0.809. The highest BCUT2D eigenvalue weighted by Gasteiger charge is 2.39. The highest BCUT2D eigenvalue weighted by Crippen LogP contribution is 2.26. The van der Waals surface area contributed by atoms with Crippen LogP contribution in [0.1, 0.15) is 50.1 Å². The molecule has 0 radical (unpaired) electrons. The Morgan fingerprint density at radius 1 is 1.21 bits per heavy atom. The minimum Gasteiger partial charge on any atom is -0.356 e. The number of carbonyl (C=O) groups is 4. The molecule has 1 atom stereocenters. The molecule has 2 aliphatic rings. The average molecular weight is 382 g/mol. The van der Waals surface area contributed by atoms with E-state index in [4.69, 9.17) is 4.84 Å². The third kappa shape index (κ3) is 3.04. The second-order valence-electron chi connectivity index (χ2n) is 6.85. The lowest BCUT2D eigenvalue weighted by atomic mass is 9.94. The molecule has 3 amide bonds. The first-order chi connectivity index (χ1) is 13.5. The van der Waals surface area contributed by atoms with Gasteiger partial charge in [-0.2, -0.15) is 5.10 Å². The maximum Gasteiger partial charge on any atom is 0.367 e. The number of nitrogens with zero attached hydrogens (tertiary/aromatic N) is 3. The van der Waals surface area contributed by atoms with Crippen molar-refractivity contribution in [2.45, 2.75) is 26.3 Å². The summed E-state index contributed by atoms with van der Waals surface area (Å²) in [5.41, 5.74) is 1.28. The van der Waals surface area contributed by atoms with Crippen molar-refractivity contribution in [3.8, 4) is 0 Å². The Morgan fingerprint density at radius 2 is 1.89 bits per heavy atom. The molecule has 0 fully saturated rings. The molecule has 1 aromatic heterocycles. The topological polar surface area (TPSA) is 111 Å². The van der Waals surface area contributed by atoms with Crippen molar-refractivity contribution < 1.29 is 24.0 Å². The van der Waals surface area contributed by atoms with Crippen LogP contribution in [0.2, 0.25) is 0 Å². The van der Waals surface area contributed by atoms with E-state index < -0.39 is 17.8 Å². The summed E-state index contributed by atoms with van der Waals surface area (Å²) in [7, 11) is 0. The number of amides is 3. The van der Waals surface area contributed by atoms with Gasteiger partial charge in [0.2, 0.25) is 5.91 Å². The van der Waals surface area contributed by atoms with E-state index in [9.17, 15) is 19.2 Å². The van der Waals surface area contributed by atoms with Crippen molar-refractivity contribution in [3.05, 3.63) is 52.8 Å². The van der Waals surface area contributed by atoms with Crippen LogP contribution in [0.25, 0.3) is 0 Å². The standard InChI is InChI=1S/C19H18N4O5/c1-11(24)20-9-12-6-7-22-16(8-12)15(10-21-22)19(27)28-23-17(25)13-4-2-3-5-14(13)18(23)26/h2-5,10,12H,6-9H2,1H3,(H,20,24). The van der Waals surface area contributed by atoms with Crippen LogP contribution in [-0.2, 0) is 22.6 Å². The summed E-state index contributed by atoms with van der Waals surface area (Å²) in [5.74, 6) is -2.09. The molecule has 0 bridgehead atoms.